The van der Waals surface area contributed by atoms with E-state index in [1.165, 1.54) is 6.92 Å². The van der Waals surface area contributed by atoms with Crippen LogP contribution in [0.15, 0.2) is 11.8 Å². The van der Waals surface area contributed by atoms with Gasteiger partial charge in [-0.15, -0.1) is 0 Å². The summed E-state index contributed by atoms with van der Waals surface area (Å²) in [6.45, 7) is 4.94. The van der Waals surface area contributed by atoms with Gasteiger partial charge in [-0.25, -0.2) is 9.59 Å². The number of hydrogen-bond donors (Lipinski definition) is 0. The second-order valence-corrected chi connectivity index (χ2v) is 2.93. The summed E-state index contributed by atoms with van der Waals surface area (Å²) in [5.74, 6) is -1.68. The number of ether oxygens (including phenoxy) is 3. The summed E-state index contributed by atoms with van der Waals surface area (Å²) in [7, 11) is 0. The van der Waals surface area contributed by atoms with Gasteiger partial charge in [0.25, 0.3) is 6.10 Å². The number of carbonyl (C=O) groups excluding carboxylic acids is 2. The lowest BCUT2D eigenvalue weighted by atomic mass is 10.3. The maximum absolute atomic E-state index is 11.4. The lowest BCUT2D eigenvalue weighted by Crippen LogP contribution is -2.35. The van der Waals surface area contributed by atoms with Crippen LogP contribution in [0.4, 0.5) is 0 Å². The second-order valence-electron chi connectivity index (χ2n) is 2.93. The Morgan fingerprint density at radius 2 is 1.71 bits per heavy atom. The fourth-order valence-electron chi connectivity index (χ4n) is 0.840. The van der Waals surface area contributed by atoms with Gasteiger partial charge >= 0.3 is 11.9 Å². The summed E-state index contributed by atoms with van der Waals surface area (Å²) in [5.41, 5.74) is 0.226. The summed E-state index contributed by atoms with van der Waals surface area (Å²) in [6, 6.07) is 1.79. The first-order chi connectivity index (χ1) is 8.06. The zero-order valence-electron chi connectivity index (χ0n) is 10.1. The van der Waals surface area contributed by atoms with Gasteiger partial charge in [0, 0.05) is 0 Å². The van der Waals surface area contributed by atoms with Gasteiger partial charge in [0.15, 0.2) is 0 Å². The third kappa shape index (κ3) is 5.56. The van der Waals surface area contributed by atoms with E-state index in [1.807, 2.05) is 0 Å². The average Bonchev–Trinajstić information content (AvgIpc) is 2.29. The smallest absolute Gasteiger partial charge is 0.359 e. The van der Waals surface area contributed by atoms with Gasteiger partial charge in [-0.3, -0.25) is 0 Å². The Labute approximate surface area is 99.8 Å². The van der Waals surface area contributed by atoms with Gasteiger partial charge < -0.3 is 14.2 Å². The van der Waals surface area contributed by atoms with Gasteiger partial charge in [0.1, 0.15) is 0 Å². The third-order valence-corrected chi connectivity index (χ3v) is 1.56. The van der Waals surface area contributed by atoms with Crippen molar-refractivity contribution in [1.29, 1.82) is 5.26 Å². The molecule has 0 saturated carbocycles. The van der Waals surface area contributed by atoms with Crippen molar-refractivity contribution >= 4 is 11.9 Å². The Bertz CT molecular complexity index is 324. The predicted octanol–water partition coefficient (Wildman–Crippen LogP) is 0.925. The summed E-state index contributed by atoms with van der Waals surface area (Å²) >= 11 is 0. The van der Waals surface area contributed by atoms with E-state index in [4.69, 9.17) is 10.00 Å². The third-order valence-electron chi connectivity index (χ3n) is 1.56. The van der Waals surface area contributed by atoms with Gasteiger partial charge in [-0.05, 0) is 20.8 Å². The van der Waals surface area contributed by atoms with E-state index in [0.29, 0.717) is 0 Å². The number of esters is 2. The minimum atomic E-state index is -1.49. The Kier molecular flexibility index (Phi) is 7.19. The highest BCUT2D eigenvalue weighted by Gasteiger charge is 2.30. The van der Waals surface area contributed by atoms with Crippen LogP contribution in [0.2, 0.25) is 0 Å². The molecule has 0 fully saturated rings. The Morgan fingerprint density at radius 3 is 2.06 bits per heavy atom. The minimum absolute atomic E-state index is 0.124. The molecule has 0 bridgehead atoms. The molecule has 6 heteroatoms. The minimum Gasteiger partial charge on any atom is -0.474 e. The molecule has 0 aromatic heterocycles. The monoisotopic (exact) mass is 241 g/mol. The molecule has 0 atom stereocenters. The fraction of sp³-hybridized carbons (Fsp3) is 0.545. The zero-order valence-corrected chi connectivity index (χ0v) is 10.1. The normalized spacial score (nSPS) is 10.6. The molecule has 17 heavy (non-hydrogen) atoms. The molecular weight excluding hydrogens is 226 g/mol. The quantitative estimate of drug-likeness (QED) is 0.297. The van der Waals surface area contributed by atoms with Crippen molar-refractivity contribution in [3.63, 3.8) is 0 Å². The fourth-order valence-corrected chi connectivity index (χ4v) is 0.840. The van der Waals surface area contributed by atoms with Crippen molar-refractivity contribution < 1.29 is 23.8 Å². The standard InChI is InChI=1S/C11H15NO5/c1-4-15-10(13)9(11(14)16-5-2)17-7-8(3)6-12/h7,9H,4-5H2,1-3H3. The Hall–Kier alpha value is -2.03. The van der Waals surface area contributed by atoms with Gasteiger partial charge in [-0.2, -0.15) is 5.26 Å². The highest BCUT2D eigenvalue weighted by atomic mass is 16.6. The summed E-state index contributed by atoms with van der Waals surface area (Å²) in [4.78, 5) is 22.8. The van der Waals surface area contributed by atoms with Crippen LogP contribution in [0, 0.1) is 11.3 Å². The van der Waals surface area contributed by atoms with E-state index in [9.17, 15) is 9.59 Å². The van der Waals surface area contributed by atoms with Crippen LogP contribution in [-0.4, -0.2) is 31.3 Å². The molecule has 0 aromatic rings. The summed E-state index contributed by atoms with van der Waals surface area (Å²) < 4.78 is 14.2. The molecule has 0 N–H and O–H groups in total. The molecule has 0 aliphatic carbocycles. The molecule has 0 heterocycles. The van der Waals surface area contributed by atoms with Crippen molar-refractivity contribution in [2.45, 2.75) is 26.9 Å². The first-order valence-corrected chi connectivity index (χ1v) is 5.12. The number of allylic oxidation sites excluding steroid dienone is 1. The van der Waals surface area contributed by atoms with Gasteiger partial charge in [-0.1, -0.05) is 0 Å². The van der Waals surface area contributed by atoms with Crippen molar-refractivity contribution in [3.05, 3.63) is 11.8 Å². The number of nitriles is 1. The lowest BCUT2D eigenvalue weighted by Gasteiger charge is -2.13. The number of nitrogens with zero attached hydrogens (tertiary/aromatic N) is 1. The SMILES string of the molecule is CCOC(=O)C(OC=C(C)C#N)C(=O)OCC. The topological polar surface area (TPSA) is 85.6 Å². The molecule has 6 nitrogen and oxygen atoms in total. The van der Waals surface area contributed by atoms with Crippen LogP contribution in [0.3, 0.4) is 0 Å². The van der Waals surface area contributed by atoms with Crippen LogP contribution in [-0.2, 0) is 23.8 Å². The van der Waals surface area contributed by atoms with Crippen molar-refractivity contribution in [2.75, 3.05) is 13.2 Å². The Balaban J connectivity index is 4.68. The van der Waals surface area contributed by atoms with E-state index in [2.05, 4.69) is 9.47 Å². The molecule has 0 radical (unpaired) electrons. The number of hydrogen-bond acceptors (Lipinski definition) is 6. The lowest BCUT2D eigenvalue weighted by molar-refractivity contribution is -0.168. The van der Waals surface area contributed by atoms with E-state index in [1.54, 1.807) is 19.9 Å². The van der Waals surface area contributed by atoms with Crippen LogP contribution >= 0.6 is 0 Å². The second kappa shape index (κ2) is 8.16. The van der Waals surface area contributed by atoms with Crippen molar-refractivity contribution in [3.8, 4) is 6.07 Å². The first-order valence-electron chi connectivity index (χ1n) is 5.12. The van der Waals surface area contributed by atoms with Crippen molar-refractivity contribution in [2.24, 2.45) is 0 Å². The zero-order chi connectivity index (χ0) is 13.3. The molecule has 0 saturated heterocycles. The maximum atomic E-state index is 11.4. The Morgan fingerprint density at radius 1 is 1.24 bits per heavy atom. The molecule has 0 aliphatic rings. The van der Waals surface area contributed by atoms with E-state index in [0.717, 1.165) is 6.26 Å². The molecule has 0 aliphatic heterocycles. The largest absolute Gasteiger partial charge is 0.474 e. The maximum Gasteiger partial charge on any atom is 0.359 e. The number of carbonyl (C=O) groups is 2. The summed E-state index contributed by atoms with van der Waals surface area (Å²) in [5, 5.41) is 8.50. The molecule has 0 spiro atoms. The van der Waals surface area contributed by atoms with Gasteiger partial charge in [0.05, 0.1) is 31.1 Å². The van der Waals surface area contributed by atoms with E-state index in [-0.39, 0.29) is 18.8 Å². The average molecular weight is 241 g/mol. The van der Waals surface area contributed by atoms with Crippen LogP contribution in [0.25, 0.3) is 0 Å². The van der Waals surface area contributed by atoms with E-state index >= 15 is 0 Å². The highest BCUT2D eigenvalue weighted by molar-refractivity contribution is 5.98. The van der Waals surface area contributed by atoms with Crippen molar-refractivity contribution in [1.82, 2.24) is 0 Å². The molecule has 0 rings (SSSR count). The molecule has 0 amide bonds. The van der Waals surface area contributed by atoms with Crippen LogP contribution < -0.4 is 0 Å². The molecule has 94 valence electrons. The molecule has 0 aromatic carbocycles. The predicted molar refractivity (Wildman–Crippen MR) is 57.5 cm³/mol. The molecular formula is C11H15NO5. The van der Waals surface area contributed by atoms with Crippen LogP contribution in [0.5, 0.6) is 0 Å². The highest BCUT2D eigenvalue weighted by Crippen LogP contribution is 2.03. The van der Waals surface area contributed by atoms with E-state index < -0.39 is 18.0 Å². The molecule has 0 unspecified atom stereocenters. The summed E-state index contributed by atoms with van der Waals surface area (Å²) in [6.07, 6.45) is -0.461. The van der Waals surface area contributed by atoms with Gasteiger partial charge in [0.2, 0.25) is 0 Å². The first kappa shape index (κ1) is 15.0. The number of rotatable bonds is 6. The van der Waals surface area contributed by atoms with Crippen LogP contribution in [0.1, 0.15) is 20.8 Å².